The molecular formula is C10H11F3N2O. The number of nitrogens with zero attached hydrogens (tertiary/aromatic N) is 1. The van der Waals surface area contributed by atoms with Gasteiger partial charge in [0, 0.05) is 23.5 Å². The zero-order valence-electron chi connectivity index (χ0n) is 8.33. The van der Waals surface area contributed by atoms with Crippen molar-refractivity contribution in [2.75, 3.05) is 0 Å². The smallest absolute Gasteiger partial charge is 0.393 e. The first kappa shape index (κ1) is 11.3. The number of nitrogens with two attached hydrogens (primary N) is 1. The minimum Gasteiger partial charge on any atom is -0.393 e. The number of aromatic nitrogens is 1. The first-order valence-corrected chi connectivity index (χ1v) is 4.81. The lowest BCUT2D eigenvalue weighted by molar-refractivity contribution is -0.139. The van der Waals surface area contributed by atoms with Crippen molar-refractivity contribution in [2.45, 2.75) is 30.7 Å². The van der Waals surface area contributed by atoms with E-state index >= 15 is 0 Å². The van der Waals surface area contributed by atoms with Crippen molar-refractivity contribution in [2.24, 2.45) is 5.73 Å². The largest absolute Gasteiger partial charge is 0.416 e. The minimum atomic E-state index is -4.44. The monoisotopic (exact) mass is 232 g/mol. The fourth-order valence-corrected chi connectivity index (χ4v) is 2.04. The van der Waals surface area contributed by atoms with Crippen LogP contribution in [0, 0.1) is 0 Å². The number of hydrogen-bond acceptors (Lipinski definition) is 3. The van der Waals surface area contributed by atoms with Gasteiger partial charge in [0.05, 0.1) is 11.7 Å². The van der Waals surface area contributed by atoms with Gasteiger partial charge in [-0.05, 0) is 18.9 Å². The molecule has 1 fully saturated rings. The second-order valence-electron chi connectivity index (χ2n) is 4.14. The lowest BCUT2D eigenvalue weighted by Gasteiger charge is -2.43. The summed E-state index contributed by atoms with van der Waals surface area (Å²) in [5.41, 5.74) is 3.91. The number of alkyl halides is 3. The number of hydrogen-bond donors (Lipinski definition) is 2. The zero-order valence-corrected chi connectivity index (χ0v) is 8.33. The van der Waals surface area contributed by atoms with Crippen molar-refractivity contribution in [1.82, 2.24) is 4.98 Å². The summed E-state index contributed by atoms with van der Waals surface area (Å²) in [7, 11) is 0. The number of aliphatic hydroxyl groups excluding tert-OH is 1. The van der Waals surface area contributed by atoms with Crippen molar-refractivity contribution in [3.63, 3.8) is 0 Å². The van der Waals surface area contributed by atoms with E-state index in [9.17, 15) is 13.2 Å². The molecule has 0 aliphatic heterocycles. The molecule has 2 rings (SSSR count). The van der Waals surface area contributed by atoms with Gasteiger partial charge in [0.15, 0.2) is 0 Å². The maximum atomic E-state index is 12.7. The van der Waals surface area contributed by atoms with E-state index in [0.717, 1.165) is 18.5 Å². The van der Waals surface area contributed by atoms with Crippen LogP contribution in [-0.2, 0) is 11.7 Å². The minimum absolute atomic E-state index is 0.0344. The van der Waals surface area contributed by atoms with Gasteiger partial charge in [-0.25, -0.2) is 0 Å². The van der Waals surface area contributed by atoms with Gasteiger partial charge in [-0.15, -0.1) is 0 Å². The SMILES string of the molecule is NC1(c2cnccc2C(F)(F)F)CC(O)C1. The van der Waals surface area contributed by atoms with Gasteiger partial charge in [-0.2, -0.15) is 13.2 Å². The van der Waals surface area contributed by atoms with Gasteiger partial charge in [-0.3, -0.25) is 4.98 Å². The van der Waals surface area contributed by atoms with Crippen LogP contribution in [-0.4, -0.2) is 16.2 Å². The van der Waals surface area contributed by atoms with Crippen LogP contribution in [0.3, 0.4) is 0 Å². The molecule has 1 aromatic heterocycles. The molecule has 1 aromatic rings. The van der Waals surface area contributed by atoms with Crippen LogP contribution in [0.15, 0.2) is 18.5 Å². The number of halogens is 3. The second-order valence-corrected chi connectivity index (χ2v) is 4.14. The molecule has 0 aromatic carbocycles. The summed E-state index contributed by atoms with van der Waals surface area (Å²) in [4.78, 5) is 3.67. The van der Waals surface area contributed by atoms with Crippen molar-refractivity contribution >= 4 is 0 Å². The molecule has 6 heteroatoms. The normalized spacial score (nSPS) is 29.9. The van der Waals surface area contributed by atoms with Gasteiger partial charge in [0.2, 0.25) is 0 Å². The third-order valence-electron chi connectivity index (χ3n) is 2.86. The van der Waals surface area contributed by atoms with E-state index in [1.165, 1.54) is 0 Å². The lowest BCUT2D eigenvalue weighted by Crippen LogP contribution is -2.52. The van der Waals surface area contributed by atoms with E-state index in [0.29, 0.717) is 0 Å². The molecule has 0 unspecified atom stereocenters. The lowest BCUT2D eigenvalue weighted by atomic mass is 9.70. The average Bonchev–Trinajstić information content (AvgIpc) is 2.14. The molecule has 1 heterocycles. The highest BCUT2D eigenvalue weighted by Crippen LogP contribution is 2.44. The summed E-state index contributed by atoms with van der Waals surface area (Å²) in [5.74, 6) is 0. The van der Waals surface area contributed by atoms with Crippen molar-refractivity contribution in [3.8, 4) is 0 Å². The van der Waals surface area contributed by atoms with Crippen LogP contribution in [0.25, 0.3) is 0 Å². The summed E-state index contributed by atoms with van der Waals surface area (Å²) in [5, 5.41) is 9.16. The number of rotatable bonds is 1. The Morgan fingerprint density at radius 1 is 1.44 bits per heavy atom. The molecule has 16 heavy (non-hydrogen) atoms. The molecule has 88 valence electrons. The van der Waals surface area contributed by atoms with Crippen LogP contribution in [0.5, 0.6) is 0 Å². The first-order chi connectivity index (χ1) is 7.33. The van der Waals surface area contributed by atoms with Crippen LogP contribution >= 0.6 is 0 Å². The van der Waals surface area contributed by atoms with Crippen molar-refractivity contribution < 1.29 is 18.3 Å². The van der Waals surface area contributed by atoms with Gasteiger partial charge in [0.25, 0.3) is 0 Å². The maximum Gasteiger partial charge on any atom is 0.416 e. The highest BCUT2D eigenvalue weighted by atomic mass is 19.4. The van der Waals surface area contributed by atoms with E-state index in [4.69, 9.17) is 10.8 Å². The van der Waals surface area contributed by atoms with E-state index in [2.05, 4.69) is 4.98 Å². The fraction of sp³-hybridized carbons (Fsp3) is 0.500. The average molecular weight is 232 g/mol. The molecule has 3 N–H and O–H groups in total. The third kappa shape index (κ3) is 1.78. The molecule has 1 aliphatic carbocycles. The van der Waals surface area contributed by atoms with Crippen molar-refractivity contribution in [1.29, 1.82) is 0 Å². The van der Waals surface area contributed by atoms with Crippen LogP contribution in [0.2, 0.25) is 0 Å². The number of pyridine rings is 1. The highest BCUT2D eigenvalue weighted by Gasteiger charge is 2.46. The molecule has 0 saturated heterocycles. The van der Waals surface area contributed by atoms with Crippen LogP contribution < -0.4 is 5.73 Å². The first-order valence-electron chi connectivity index (χ1n) is 4.81. The summed E-state index contributed by atoms with van der Waals surface area (Å²) in [6.45, 7) is 0. The quantitative estimate of drug-likeness (QED) is 0.769. The molecular weight excluding hydrogens is 221 g/mol. The Labute approximate surface area is 90.1 Å². The van der Waals surface area contributed by atoms with Crippen LogP contribution in [0.4, 0.5) is 13.2 Å². The van der Waals surface area contributed by atoms with Gasteiger partial charge >= 0.3 is 6.18 Å². The van der Waals surface area contributed by atoms with Crippen LogP contribution in [0.1, 0.15) is 24.0 Å². The van der Waals surface area contributed by atoms with Gasteiger partial charge < -0.3 is 10.8 Å². The molecule has 0 spiro atoms. The predicted octanol–water partition coefficient (Wildman–Crippen LogP) is 1.41. The predicted molar refractivity (Wildman–Crippen MR) is 50.3 cm³/mol. The third-order valence-corrected chi connectivity index (χ3v) is 2.86. The molecule has 1 aliphatic rings. The van der Waals surface area contributed by atoms with E-state index < -0.39 is 23.4 Å². The molecule has 0 atom stereocenters. The molecule has 3 nitrogen and oxygen atoms in total. The fourth-order valence-electron chi connectivity index (χ4n) is 2.04. The Balaban J connectivity index is 2.42. The Hall–Kier alpha value is -1.14. The molecule has 0 amide bonds. The molecule has 1 saturated carbocycles. The summed E-state index contributed by atoms with van der Waals surface area (Å²) in [6, 6.07) is 0.911. The topological polar surface area (TPSA) is 59.1 Å². The van der Waals surface area contributed by atoms with Gasteiger partial charge in [0.1, 0.15) is 0 Å². The Morgan fingerprint density at radius 3 is 2.56 bits per heavy atom. The molecule has 0 radical (unpaired) electrons. The Bertz CT molecular complexity index is 399. The summed E-state index contributed by atoms with van der Waals surface area (Å²) < 4.78 is 38.1. The van der Waals surface area contributed by atoms with E-state index in [-0.39, 0.29) is 18.4 Å². The van der Waals surface area contributed by atoms with Gasteiger partial charge in [-0.1, -0.05) is 0 Å². The number of aliphatic hydroxyl groups is 1. The van der Waals surface area contributed by atoms with E-state index in [1.54, 1.807) is 0 Å². The highest BCUT2D eigenvalue weighted by molar-refractivity contribution is 5.35. The van der Waals surface area contributed by atoms with Crippen molar-refractivity contribution in [3.05, 3.63) is 29.6 Å². The second kappa shape index (κ2) is 3.43. The summed E-state index contributed by atoms with van der Waals surface area (Å²) in [6.07, 6.45) is -2.56. The van der Waals surface area contributed by atoms with E-state index in [1.807, 2.05) is 0 Å². The molecule has 0 bridgehead atoms. The Morgan fingerprint density at radius 2 is 2.06 bits per heavy atom. The Kier molecular flexibility index (Phi) is 2.43. The summed E-state index contributed by atoms with van der Waals surface area (Å²) >= 11 is 0. The maximum absolute atomic E-state index is 12.7. The zero-order chi connectivity index (χ0) is 12.0. The standard InChI is InChI=1S/C10H11F3N2O/c11-10(12,13)7-1-2-15-5-8(7)9(14)3-6(16)4-9/h1-2,5-6,16H,3-4,14H2.